The van der Waals surface area contributed by atoms with Crippen molar-refractivity contribution in [3.63, 3.8) is 0 Å². The van der Waals surface area contributed by atoms with Gasteiger partial charge in [-0.1, -0.05) is 30.3 Å². The molecular formula is C17H19N3S. The second-order valence-corrected chi connectivity index (χ2v) is 6.29. The van der Waals surface area contributed by atoms with Gasteiger partial charge in [0.25, 0.3) is 0 Å². The van der Waals surface area contributed by atoms with Crippen LogP contribution in [-0.2, 0) is 6.54 Å². The van der Waals surface area contributed by atoms with Crippen LogP contribution in [0.25, 0.3) is 10.2 Å². The monoisotopic (exact) mass is 297 g/mol. The number of thiazole rings is 1. The van der Waals surface area contributed by atoms with Gasteiger partial charge < -0.3 is 10.6 Å². The van der Waals surface area contributed by atoms with Gasteiger partial charge in [0.2, 0.25) is 0 Å². The third-order valence-corrected chi connectivity index (χ3v) is 4.44. The first-order valence-corrected chi connectivity index (χ1v) is 7.97. The quantitative estimate of drug-likeness (QED) is 0.730. The lowest BCUT2D eigenvalue weighted by Crippen LogP contribution is -2.30. The summed E-state index contributed by atoms with van der Waals surface area (Å²) in [6, 6.07) is 15.1. The number of nitrogens with two attached hydrogens (primary N) is 1. The average molecular weight is 297 g/mol. The third-order valence-electron chi connectivity index (χ3n) is 3.65. The first-order valence-electron chi connectivity index (χ1n) is 7.09. The van der Waals surface area contributed by atoms with Crippen molar-refractivity contribution in [1.29, 1.82) is 0 Å². The van der Waals surface area contributed by atoms with Crippen molar-refractivity contribution in [2.24, 2.45) is 0 Å². The number of hydrogen-bond acceptors (Lipinski definition) is 4. The lowest BCUT2D eigenvalue weighted by molar-refractivity contribution is 0.684. The number of rotatable bonds is 4. The van der Waals surface area contributed by atoms with E-state index >= 15 is 0 Å². The second kappa shape index (κ2) is 5.74. The molecule has 3 rings (SSSR count). The van der Waals surface area contributed by atoms with Crippen molar-refractivity contribution in [2.75, 3.05) is 10.6 Å². The number of aromatic nitrogens is 1. The molecule has 0 spiro atoms. The second-order valence-electron chi connectivity index (χ2n) is 5.40. The molecule has 0 saturated heterocycles. The highest BCUT2D eigenvalue weighted by atomic mass is 32.1. The maximum Gasteiger partial charge on any atom is 0.106 e. The average Bonchev–Trinajstić information content (AvgIpc) is 2.96. The first-order chi connectivity index (χ1) is 10.2. The Labute approximate surface area is 129 Å². The van der Waals surface area contributed by atoms with Crippen LogP contribution in [0.5, 0.6) is 0 Å². The van der Waals surface area contributed by atoms with Crippen LogP contribution in [0, 0.1) is 0 Å². The first kappa shape index (κ1) is 13.9. The smallest absolute Gasteiger partial charge is 0.106 e. The number of nitrogens with zero attached hydrogens (tertiary/aromatic N) is 2. The third kappa shape index (κ3) is 2.72. The highest BCUT2D eigenvalue weighted by molar-refractivity contribution is 7.16. The lowest BCUT2D eigenvalue weighted by Gasteiger charge is -2.30. The van der Waals surface area contributed by atoms with Gasteiger partial charge in [-0.05, 0) is 31.5 Å². The Morgan fingerprint density at radius 1 is 1.14 bits per heavy atom. The predicted molar refractivity (Wildman–Crippen MR) is 91.8 cm³/mol. The van der Waals surface area contributed by atoms with Crippen LogP contribution in [0.1, 0.15) is 19.4 Å². The minimum absolute atomic E-state index is 0.364. The van der Waals surface area contributed by atoms with E-state index < -0.39 is 0 Å². The molecule has 3 aromatic rings. The number of hydrogen-bond donors (Lipinski definition) is 1. The van der Waals surface area contributed by atoms with E-state index in [0.29, 0.717) is 6.04 Å². The molecule has 0 unspecified atom stereocenters. The summed E-state index contributed by atoms with van der Waals surface area (Å²) < 4.78 is 1.14. The normalized spacial score (nSPS) is 11.2. The van der Waals surface area contributed by atoms with Crippen LogP contribution in [0.15, 0.2) is 48.0 Å². The minimum Gasteiger partial charge on any atom is -0.395 e. The summed E-state index contributed by atoms with van der Waals surface area (Å²) in [6.07, 6.45) is 0. The van der Waals surface area contributed by atoms with Gasteiger partial charge in [0.1, 0.15) is 5.52 Å². The molecule has 108 valence electrons. The van der Waals surface area contributed by atoms with E-state index in [0.717, 1.165) is 28.1 Å². The SMILES string of the molecule is CC(C)N(Cc1ccccc1)c1ccc2scnc2c1N. The number of fused-ring (bicyclic) bond motifs is 1. The summed E-state index contributed by atoms with van der Waals surface area (Å²) in [6.45, 7) is 5.22. The molecule has 2 aromatic carbocycles. The van der Waals surface area contributed by atoms with Gasteiger partial charge in [0, 0.05) is 12.6 Å². The van der Waals surface area contributed by atoms with Gasteiger partial charge in [0.05, 0.1) is 21.6 Å². The maximum absolute atomic E-state index is 6.36. The summed E-state index contributed by atoms with van der Waals surface area (Å²) in [5, 5.41) is 0. The minimum atomic E-state index is 0.364. The van der Waals surface area contributed by atoms with E-state index in [1.54, 1.807) is 11.3 Å². The number of anilines is 2. The molecular weight excluding hydrogens is 278 g/mol. The Balaban J connectivity index is 2.01. The van der Waals surface area contributed by atoms with Crippen LogP contribution >= 0.6 is 11.3 Å². The number of nitrogen functional groups attached to an aromatic ring is 1. The molecule has 0 bridgehead atoms. The summed E-state index contributed by atoms with van der Waals surface area (Å²) in [7, 11) is 0. The van der Waals surface area contributed by atoms with Gasteiger partial charge in [-0.15, -0.1) is 11.3 Å². The highest BCUT2D eigenvalue weighted by Crippen LogP contribution is 2.34. The van der Waals surface area contributed by atoms with Crippen molar-refractivity contribution in [3.05, 3.63) is 53.5 Å². The molecule has 1 heterocycles. The zero-order valence-electron chi connectivity index (χ0n) is 12.3. The zero-order chi connectivity index (χ0) is 14.8. The Morgan fingerprint density at radius 2 is 1.90 bits per heavy atom. The molecule has 0 aliphatic rings. The van der Waals surface area contributed by atoms with E-state index in [1.807, 2.05) is 11.6 Å². The summed E-state index contributed by atoms with van der Waals surface area (Å²) in [5.74, 6) is 0. The Kier molecular flexibility index (Phi) is 3.80. The topological polar surface area (TPSA) is 42.2 Å². The van der Waals surface area contributed by atoms with Crippen LogP contribution < -0.4 is 10.6 Å². The van der Waals surface area contributed by atoms with Crippen molar-refractivity contribution >= 4 is 32.9 Å². The van der Waals surface area contributed by atoms with Gasteiger partial charge in [-0.2, -0.15) is 0 Å². The summed E-state index contributed by atoms with van der Waals surface area (Å²) in [4.78, 5) is 6.72. The van der Waals surface area contributed by atoms with Crippen LogP contribution in [0.3, 0.4) is 0 Å². The molecule has 0 amide bonds. The van der Waals surface area contributed by atoms with Gasteiger partial charge in [-0.25, -0.2) is 4.98 Å². The fourth-order valence-electron chi connectivity index (χ4n) is 2.52. The van der Waals surface area contributed by atoms with Crippen molar-refractivity contribution in [1.82, 2.24) is 4.98 Å². The molecule has 4 heteroatoms. The molecule has 3 nitrogen and oxygen atoms in total. The largest absolute Gasteiger partial charge is 0.395 e. The van der Waals surface area contributed by atoms with E-state index in [2.05, 4.69) is 60.1 Å². The zero-order valence-corrected chi connectivity index (χ0v) is 13.1. The molecule has 0 saturated carbocycles. The molecule has 0 fully saturated rings. The molecule has 2 N–H and O–H groups in total. The van der Waals surface area contributed by atoms with Crippen molar-refractivity contribution in [2.45, 2.75) is 26.4 Å². The van der Waals surface area contributed by atoms with Gasteiger partial charge in [-0.3, -0.25) is 0 Å². The van der Waals surface area contributed by atoms with E-state index in [9.17, 15) is 0 Å². The fourth-order valence-corrected chi connectivity index (χ4v) is 3.21. The van der Waals surface area contributed by atoms with E-state index in [4.69, 9.17) is 5.73 Å². The molecule has 0 aliphatic heterocycles. The highest BCUT2D eigenvalue weighted by Gasteiger charge is 2.16. The molecule has 21 heavy (non-hydrogen) atoms. The van der Waals surface area contributed by atoms with Crippen molar-refractivity contribution < 1.29 is 0 Å². The Morgan fingerprint density at radius 3 is 2.62 bits per heavy atom. The molecule has 1 aromatic heterocycles. The van der Waals surface area contributed by atoms with Crippen molar-refractivity contribution in [3.8, 4) is 0 Å². The molecule has 0 radical (unpaired) electrons. The lowest BCUT2D eigenvalue weighted by atomic mass is 10.1. The van der Waals surface area contributed by atoms with Gasteiger partial charge >= 0.3 is 0 Å². The Hall–Kier alpha value is -2.07. The van der Waals surface area contributed by atoms with Gasteiger partial charge in [0.15, 0.2) is 0 Å². The Bertz CT molecular complexity index is 734. The summed E-state index contributed by atoms with van der Waals surface area (Å²) in [5.41, 5.74) is 12.2. The van der Waals surface area contributed by atoms with Crippen LogP contribution in [0.2, 0.25) is 0 Å². The fraction of sp³-hybridized carbons (Fsp3) is 0.235. The molecule has 0 atom stereocenters. The van der Waals surface area contributed by atoms with E-state index in [-0.39, 0.29) is 0 Å². The van der Waals surface area contributed by atoms with Crippen LogP contribution in [-0.4, -0.2) is 11.0 Å². The predicted octanol–water partition coefficient (Wildman–Crippen LogP) is 4.29. The maximum atomic E-state index is 6.36. The molecule has 0 aliphatic carbocycles. The van der Waals surface area contributed by atoms with E-state index in [1.165, 1.54) is 5.56 Å². The summed E-state index contributed by atoms with van der Waals surface area (Å²) >= 11 is 1.62. The van der Waals surface area contributed by atoms with Crippen LogP contribution in [0.4, 0.5) is 11.4 Å². The number of benzene rings is 2. The standard InChI is InChI=1S/C17H19N3S/c1-12(2)20(10-13-6-4-3-5-7-13)14-8-9-15-17(16(14)18)19-11-21-15/h3-9,11-12H,10,18H2,1-2H3.